The SMILES string of the molecule is C=CCOc1cc(COc2cc(COc3c(N=Nc4ccc(N(C)C)cc4)ccc(C(=O)C(F)(F)F)c3OCc3ccccc3)cc(OCc3cc(OCC=C)cc(OCC=C)c3)c2)cc(OCC=C)c1. The highest BCUT2D eigenvalue weighted by Crippen LogP contribution is 2.44. The van der Waals surface area contributed by atoms with Crippen LogP contribution in [0.1, 0.15) is 32.6 Å². The van der Waals surface area contributed by atoms with Gasteiger partial charge in [0, 0.05) is 38.0 Å². The molecular formula is C56H54F3N3O9. The number of carbonyl (C=O) groups excluding carboxylic acids is 1. The predicted octanol–water partition coefficient (Wildman–Crippen LogP) is 13.5. The van der Waals surface area contributed by atoms with Crippen LogP contribution >= 0.6 is 0 Å². The highest BCUT2D eigenvalue weighted by molar-refractivity contribution is 6.04. The Hall–Kier alpha value is -8.46. The van der Waals surface area contributed by atoms with Gasteiger partial charge in [0.2, 0.25) is 0 Å². The van der Waals surface area contributed by atoms with E-state index in [0.717, 1.165) is 11.8 Å². The fourth-order valence-electron chi connectivity index (χ4n) is 6.66. The van der Waals surface area contributed by atoms with E-state index in [1.807, 2.05) is 31.1 Å². The number of benzene rings is 6. The molecule has 0 N–H and O–H groups in total. The summed E-state index contributed by atoms with van der Waals surface area (Å²) in [6.45, 7) is 15.6. The zero-order chi connectivity index (χ0) is 50.6. The number of anilines is 1. The number of Topliss-reactive ketones (excluding diaryl/α,β-unsaturated/α-hetero) is 1. The van der Waals surface area contributed by atoms with E-state index in [2.05, 4.69) is 36.5 Å². The van der Waals surface area contributed by atoms with Crippen molar-refractivity contribution in [1.29, 1.82) is 0 Å². The summed E-state index contributed by atoms with van der Waals surface area (Å²) >= 11 is 0. The van der Waals surface area contributed by atoms with Gasteiger partial charge < -0.3 is 42.8 Å². The van der Waals surface area contributed by atoms with Crippen LogP contribution in [0.5, 0.6) is 46.0 Å². The lowest BCUT2D eigenvalue weighted by Gasteiger charge is -2.19. The molecule has 12 nitrogen and oxygen atoms in total. The van der Waals surface area contributed by atoms with Gasteiger partial charge in [0.15, 0.2) is 11.5 Å². The molecule has 15 heteroatoms. The Balaban J connectivity index is 1.40. The van der Waals surface area contributed by atoms with E-state index in [0.29, 0.717) is 62.4 Å². The first kappa shape index (κ1) is 51.9. The summed E-state index contributed by atoms with van der Waals surface area (Å²) in [5, 5.41) is 8.78. The van der Waals surface area contributed by atoms with Crippen LogP contribution in [0.15, 0.2) is 182 Å². The van der Waals surface area contributed by atoms with Crippen molar-refractivity contribution in [3.8, 4) is 46.0 Å². The number of ether oxygens (including phenoxy) is 8. The summed E-state index contributed by atoms with van der Waals surface area (Å²) in [4.78, 5) is 15.0. The van der Waals surface area contributed by atoms with Crippen molar-refractivity contribution in [2.75, 3.05) is 45.4 Å². The van der Waals surface area contributed by atoms with Crippen molar-refractivity contribution >= 4 is 22.8 Å². The molecule has 0 aromatic heterocycles. The monoisotopic (exact) mass is 969 g/mol. The molecule has 0 saturated carbocycles. The number of ketones is 1. The number of azo groups is 1. The van der Waals surface area contributed by atoms with Crippen LogP contribution < -0.4 is 42.8 Å². The first-order valence-corrected chi connectivity index (χ1v) is 22.2. The molecule has 0 atom stereocenters. The lowest BCUT2D eigenvalue weighted by atomic mass is 10.1. The molecule has 6 rings (SSSR count). The van der Waals surface area contributed by atoms with Gasteiger partial charge in [-0.2, -0.15) is 18.3 Å². The van der Waals surface area contributed by atoms with Gasteiger partial charge in [0.25, 0.3) is 5.78 Å². The Morgan fingerprint density at radius 1 is 0.493 bits per heavy atom. The van der Waals surface area contributed by atoms with Crippen LogP contribution in [0, 0.1) is 0 Å². The predicted molar refractivity (Wildman–Crippen MR) is 268 cm³/mol. The van der Waals surface area contributed by atoms with E-state index >= 15 is 0 Å². The van der Waals surface area contributed by atoms with Crippen molar-refractivity contribution in [3.63, 3.8) is 0 Å². The van der Waals surface area contributed by atoms with Gasteiger partial charge >= 0.3 is 6.18 Å². The summed E-state index contributed by atoms with van der Waals surface area (Å²) in [7, 11) is 3.79. The molecule has 368 valence electrons. The van der Waals surface area contributed by atoms with Crippen molar-refractivity contribution in [1.82, 2.24) is 0 Å². The minimum Gasteiger partial charge on any atom is -0.489 e. The highest BCUT2D eigenvalue weighted by Gasteiger charge is 2.42. The maximum Gasteiger partial charge on any atom is 0.455 e. The molecule has 0 amide bonds. The Bertz CT molecular complexity index is 2640. The Labute approximate surface area is 411 Å². The normalized spacial score (nSPS) is 11.0. The average Bonchev–Trinajstić information content (AvgIpc) is 3.37. The molecule has 0 fully saturated rings. The number of hydrogen-bond acceptors (Lipinski definition) is 12. The van der Waals surface area contributed by atoms with Crippen molar-refractivity contribution < 1.29 is 55.9 Å². The van der Waals surface area contributed by atoms with Crippen LogP contribution in [-0.4, -0.2) is 52.5 Å². The number of hydrogen-bond donors (Lipinski definition) is 0. The van der Waals surface area contributed by atoms with E-state index in [1.54, 1.807) is 121 Å². The first-order valence-electron chi connectivity index (χ1n) is 22.2. The number of nitrogens with zero attached hydrogens (tertiary/aromatic N) is 3. The molecular weight excluding hydrogens is 916 g/mol. The number of rotatable bonds is 28. The second kappa shape index (κ2) is 25.8. The van der Waals surface area contributed by atoms with Gasteiger partial charge in [-0.3, -0.25) is 4.79 Å². The summed E-state index contributed by atoms with van der Waals surface area (Å²) in [6, 6.07) is 33.9. The number of alkyl halides is 3. The second-order valence-corrected chi connectivity index (χ2v) is 15.7. The van der Waals surface area contributed by atoms with Crippen molar-refractivity contribution in [3.05, 3.63) is 200 Å². The minimum absolute atomic E-state index is 0.00610. The molecule has 0 unspecified atom stereocenters. The molecule has 0 spiro atoms. The van der Waals surface area contributed by atoms with Crippen molar-refractivity contribution in [2.24, 2.45) is 10.2 Å². The van der Waals surface area contributed by atoms with E-state index in [1.165, 1.54) is 6.07 Å². The van der Waals surface area contributed by atoms with Gasteiger partial charge in [-0.1, -0.05) is 81.0 Å². The molecule has 0 aliphatic carbocycles. The standard InChI is InChI=1S/C56H54F3N3O9/c1-7-22-64-45-26-40(27-46(32-45)65-23-8-2)36-68-49-30-42(31-50(34-49)69-37-41-28-47(66-24-9-3)33-48(29-41)67-25-10-4)38-71-54-52(61-60-43-16-18-44(19-17-43)62(5)6)21-20-51(55(63)56(57,58)59)53(54)70-35-39-14-12-11-13-15-39/h7-21,26-34H,1-4,22-25,35-38H2,5-6H3. The Kier molecular flexibility index (Phi) is 18.9. The minimum atomic E-state index is -5.25. The van der Waals surface area contributed by atoms with Crippen LogP contribution in [0.25, 0.3) is 0 Å². The molecule has 0 heterocycles. The van der Waals surface area contributed by atoms with Gasteiger partial charge in [-0.15, -0.1) is 5.11 Å². The third-order valence-electron chi connectivity index (χ3n) is 9.94. The van der Waals surface area contributed by atoms with Gasteiger partial charge in [-0.05, 0) is 95.1 Å². The summed E-state index contributed by atoms with van der Waals surface area (Å²) in [5.74, 6) is -0.0623. The third-order valence-corrected chi connectivity index (χ3v) is 9.94. The molecule has 0 bridgehead atoms. The average molecular weight is 970 g/mol. The van der Waals surface area contributed by atoms with Crippen LogP contribution in [-0.2, 0) is 26.4 Å². The van der Waals surface area contributed by atoms with Crippen LogP contribution in [0.2, 0.25) is 0 Å². The molecule has 0 aliphatic rings. The Morgan fingerprint density at radius 2 is 0.901 bits per heavy atom. The van der Waals surface area contributed by atoms with Crippen molar-refractivity contribution in [2.45, 2.75) is 32.6 Å². The van der Waals surface area contributed by atoms with E-state index in [4.69, 9.17) is 37.9 Å². The van der Waals surface area contributed by atoms with Gasteiger partial charge in [0.05, 0.1) is 11.3 Å². The van der Waals surface area contributed by atoms with E-state index < -0.39 is 23.3 Å². The summed E-state index contributed by atoms with van der Waals surface area (Å²) in [5.41, 5.74) is 3.07. The molecule has 0 aliphatic heterocycles. The van der Waals surface area contributed by atoms with Crippen LogP contribution in [0.3, 0.4) is 0 Å². The van der Waals surface area contributed by atoms with Gasteiger partial charge in [-0.25, -0.2) is 0 Å². The fraction of sp³-hybridized carbons (Fsp3) is 0.196. The first-order chi connectivity index (χ1) is 34.3. The van der Waals surface area contributed by atoms with Gasteiger partial charge in [0.1, 0.15) is 93.0 Å². The third kappa shape index (κ3) is 15.8. The zero-order valence-electron chi connectivity index (χ0n) is 39.5. The molecule has 0 saturated heterocycles. The zero-order valence-corrected chi connectivity index (χ0v) is 39.5. The van der Waals surface area contributed by atoms with E-state index in [-0.39, 0.29) is 64.3 Å². The molecule has 71 heavy (non-hydrogen) atoms. The molecule has 6 aromatic carbocycles. The highest BCUT2D eigenvalue weighted by atomic mass is 19.4. The summed E-state index contributed by atoms with van der Waals surface area (Å²) in [6.07, 6.45) is 1.26. The maximum atomic E-state index is 14.2. The lowest BCUT2D eigenvalue weighted by Crippen LogP contribution is -2.23. The lowest BCUT2D eigenvalue weighted by molar-refractivity contribution is -0.0887. The van der Waals surface area contributed by atoms with Crippen LogP contribution in [0.4, 0.5) is 30.2 Å². The molecule has 6 aromatic rings. The number of halogens is 3. The number of carbonyl (C=O) groups is 1. The topological polar surface area (TPSA) is 119 Å². The second-order valence-electron chi connectivity index (χ2n) is 15.7. The quantitative estimate of drug-likeness (QED) is 0.0267. The smallest absolute Gasteiger partial charge is 0.455 e. The largest absolute Gasteiger partial charge is 0.489 e. The maximum absolute atomic E-state index is 14.2. The van der Waals surface area contributed by atoms with E-state index in [9.17, 15) is 18.0 Å². The Morgan fingerprint density at radius 3 is 1.32 bits per heavy atom. The summed E-state index contributed by atoms with van der Waals surface area (Å²) < 4.78 is 91.3. The molecule has 0 radical (unpaired) electrons. The fourth-order valence-corrected chi connectivity index (χ4v) is 6.66.